The zero-order valence-corrected chi connectivity index (χ0v) is 11.5. The molecule has 3 rings (SSSR count). The molecule has 0 saturated carbocycles. The van der Waals surface area contributed by atoms with Crippen molar-refractivity contribution in [1.29, 1.82) is 0 Å². The quantitative estimate of drug-likeness (QED) is 0.930. The fourth-order valence-corrected chi connectivity index (χ4v) is 2.70. The van der Waals surface area contributed by atoms with Crippen molar-refractivity contribution in [3.8, 4) is 11.5 Å². The Bertz CT molecular complexity index is 613. The van der Waals surface area contributed by atoms with Crippen molar-refractivity contribution >= 4 is 5.69 Å². The van der Waals surface area contributed by atoms with Gasteiger partial charge in [-0.25, -0.2) is 0 Å². The molecule has 0 aliphatic carbocycles. The van der Waals surface area contributed by atoms with Crippen molar-refractivity contribution in [3.05, 3.63) is 47.8 Å². The fraction of sp³-hybridized carbons (Fsp3) is 0.312. The van der Waals surface area contributed by atoms with Crippen LogP contribution in [-0.2, 0) is 12.8 Å². The Morgan fingerprint density at radius 2 is 2.30 bits per heavy atom. The first kappa shape index (κ1) is 12.8. The van der Waals surface area contributed by atoms with Crippen molar-refractivity contribution in [2.75, 3.05) is 19.5 Å². The molecule has 1 atom stereocenters. The number of nitrogens with zero attached hydrogens (tertiary/aromatic N) is 1. The number of methoxy groups -OCH3 is 1. The van der Waals surface area contributed by atoms with Crippen molar-refractivity contribution in [2.24, 2.45) is 5.92 Å². The molecule has 0 radical (unpaired) electrons. The number of fused-ring (bicyclic) bond motifs is 1. The summed E-state index contributed by atoms with van der Waals surface area (Å²) in [6.45, 7) is 0.697. The number of ether oxygens (including phenoxy) is 2. The van der Waals surface area contributed by atoms with Crippen LogP contribution in [0.2, 0.25) is 0 Å². The first-order valence-corrected chi connectivity index (χ1v) is 6.74. The highest BCUT2D eigenvalue weighted by atomic mass is 16.5. The van der Waals surface area contributed by atoms with Gasteiger partial charge in [-0.15, -0.1) is 0 Å². The van der Waals surface area contributed by atoms with Crippen LogP contribution in [-0.4, -0.2) is 18.7 Å². The average Bonchev–Trinajstić information content (AvgIpc) is 2.46. The van der Waals surface area contributed by atoms with Gasteiger partial charge in [0.15, 0.2) is 11.5 Å². The number of hydrogen-bond acceptors (Lipinski definition) is 4. The summed E-state index contributed by atoms with van der Waals surface area (Å²) in [6.07, 6.45) is 5.45. The number of hydrogen-bond donors (Lipinski definition) is 1. The summed E-state index contributed by atoms with van der Waals surface area (Å²) >= 11 is 0. The van der Waals surface area contributed by atoms with Gasteiger partial charge in [-0.1, -0.05) is 12.1 Å². The molecule has 0 unspecified atom stereocenters. The first-order chi connectivity index (χ1) is 9.76. The third-order valence-electron chi connectivity index (χ3n) is 3.59. The number of nitrogen functional groups attached to an aromatic ring is 1. The van der Waals surface area contributed by atoms with Gasteiger partial charge in [0.25, 0.3) is 0 Å². The van der Waals surface area contributed by atoms with Gasteiger partial charge in [-0.3, -0.25) is 4.98 Å². The topological polar surface area (TPSA) is 57.4 Å². The molecule has 2 aromatic rings. The summed E-state index contributed by atoms with van der Waals surface area (Å²) < 4.78 is 11.2. The van der Waals surface area contributed by atoms with E-state index in [0.29, 0.717) is 18.2 Å². The Hall–Kier alpha value is -2.23. The van der Waals surface area contributed by atoms with Crippen molar-refractivity contribution in [2.45, 2.75) is 12.8 Å². The van der Waals surface area contributed by atoms with Crippen molar-refractivity contribution in [1.82, 2.24) is 4.98 Å². The largest absolute Gasteiger partial charge is 0.493 e. The number of anilines is 1. The van der Waals surface area contributed by atoms with Gasteiger partial charge in [-0.2, -0.15) is 0 Å². The van der Waals surface area contributed by atoms with Gasteiger partial charge in [0, 0.05) is 18.3 Å². The second-order valence-corrected chi connectivity index (χ2v) is 5.16. The Morgan fingerprint density at radius 1 is 1.40 bits per heavy atom. The first-order valence-electron chi connectivity index (χ1n) is 6.74. The zero-order valence-electron chi connectivity index (χ0n) is 11.5. The minimum absolute atomic E-state index is 0.443. The van der Waals surface area contributed by atoms with Crippen LogP contribution in [0.4, 0.5) is 5.69 Å². The number of benzene rings is 1. The van der Waals surface area contributed by atoms with E-state index in [4.69, 9.17) is 15.2 Å². The fourth-order valence-electron chi connectivity index (χ4n) is 2.70. The average molecular weight is 270 g/mol. The van der Waals surface area contributed by atoms with Crippen LogP contribution < -0.4 is 15.2 Å². The SMILES string of the molecule is COc1cccc2c1OC[C@H](Cc1cncc(N)c1)C2. The van der Waals surface area contributed by atoms with Gasteiger partial charge < -0.3 is 15.2 Å². The summed E-state index contributed by atoms with van der Waals surface area (Å²) in [5.41, 5.74) is 8.84. The molecule has 104 valence electrons. The number of rotatable bonds is 3. The number of pyridine rings is 1. The molecule has 1 aliphatic heterocycles. The zero-order chi connectivity index (χ0) is 13.9. The maximum Gasteiger partial charge on any atom is 0.164 e. The lowest BCUT2D eigenvalue weighted by Crippen LogP contribution is -2.23. The summed E-state index contributed by atoms with van der Waals surface area (Å²) in [5.74, 6) is 2.14. The Kier molecular flexibility index (Phi) is 3.46. The molecule has 2 N–H and O–H groups in total. The smallest absolute Gasteiger partial charge is 0.164 e. The van der Waals surface area contributed by atoms with E-state index in [1.807, 2.05) is 24.4 Å². The maximum absolute atomic E-state index is 5.88. The van der Waals surface area contributed by atoms with Crippen LogP contribution >= 0.6 is 0 Å². The second kappa shape index (κ2) is 5.41. The lowest BCUT2D eigenvalue weighted by atomic mass is 9.91. The normalized spacial score (nSPS) is 17.1. The molecule has 0 amide bonds. The van der Waals surface area contributed by atoms with E-state index in [-0.39, 0.29) is 0 Å². The number of para-hydroxylation sites is 1. The molecule has 20 heavy (non-hydrogen) atoms. The Balaban J connectivity index is 1.76. The molecule has 1 aromatic heterocycles. The van der Waals surface area contributed by atoms with Gasteiger partial charge in [0.1, 0.15) is 0 Å². The lowest BCUT2D eigenvalue weighted by molar-refractivity contribution is 0.211. The van der Waals surface area contributed by atoms with Gasteiger partial charge in [-0.05, 0) is 36.1 Å². The molecular formula is C16H18N2O2. The van der Waals surface area contributed by atoms with E-state index in [9.17, 15) is 0 Å². The minimum Gasteiger partial charge on any atom is -0.493 e. The molecule has 2 heterocycles. The van der Waals surface area contributed by atoms with Crippen molar-refractivity contribution in [3.63, 3.8) is 0 Å². The van der Waals surface area contributed by atoms with E-state index < -0.39 is 0 Å². The summed E-state index contributed by atoms with van der Waals surface area (Å²) in [6, 6.07) is 8.02. The minimum atomic E-state index is 0.443. The number of aromatic nitrogens is 1. The molecule has 0 spiro atoms. The van der Waals surface area contributed by atoms with Crippen LogP contribution in [0, 0.1) is 5.92 Å². The summed E-state index contributed by atoms with van der Waals surface area (Å²) in [5, 5.41) is 0. The van der Waals surface area contributed by atoms with Crippen LogP contribution in [0.3, 0.4) is 0 Å². The van der Waals surface area contributed by atoms with E-state index in [1.54, 1.807) is 13.3 Å². The van der Waals surface area contributed by atoms with E-state index in [2.05, 4.69) is 11.1 Å². The van der Waals surface area contributed by atoms with Gasteiger partial charge in [0.2, 0.25) is 0 Å². The van der Waals surface area contributed by atoms with Crippen LogP contribution in [0.5, 0.6) is 11.5 Å². The summed E-state index contributed by atoms with van der Waals surface area (Å²) in [7, 11) is 1.67. The molecule has 1 aliphatic rings. The molecule has 0 saturated heterocycles. The predicted molar refractivity (Wildman–Crippen MR) is 78.0 cm³/mol. The van der Waals surface area contributed by atoms with Crippen LogP contribution in [0.1, 0.15) is 11.1 Å². The molecule has 0 fully saturated rings. The van der Waals surface area contributed by atoms with Crippen molar-refractivity contribution < 1.29 is 9.47 Å². The van der Waals surface area contributed by atoms with Crippen LogP contribution in [0.25, 0.3) is 0 Å². The Labute approximate surface area is 118 Å². The van der Waals surface area contributed by atoms with E-state index in [1.165, 1.54) is 5.56 Å². The summed E-state index contributed by atoms with van der Waals surface area (Å²) in [4.78, 5) is 4.14. The van der Waals surface area contributed by atoms with E-state index >= 15 is 0 Å². The van der Waals surface area contributed by atoms with Gasteiger partial charge in [0.05, 0.1) is 19.4 Å². The molecule has 1 aromatic carbocycles. The van der Waals surface area contributed by atoms with E-state index in [0.717, 1.165) is 29.9 Å². The highest BCUT2D eigenvalue weighted by molar-refractivity contribution is 5.48. The predicted octanol–water partition coefficient (Wildman–Crippen LogP) is 2.47. The van der Waals surface area contributed by atoms with Gasteiger partial charge >= 0.3 is 0 Å². The van der Waals surface area contributed by atoms with Crippen LogP contribution in [0.15, 0.2) is 36.7 Å². The highest BCUT2D eigenvalue weighted by Crippen LogP contribution is 2.36. The third kappa shape index (κ3) is 2.54. The second-order valence-electron chi connectivity index (χ2n) is 5.16. The Morgan fingerprint density at radius 3 is 3.10 bits per heavy atom. The number of nitrogens with two attached hydrogens (primary N) is 1. The lowest BCUT2D eigenvalue weighted by Gasteiger charge is -2.26. The molecule has 4 nitrogen and oxygen atoms in total. The monoisotopic (exact) mass is 270 g/mol. The highest BCUT2D eigenvalue weighted by Gasteiger charge is 2.22. The molecule has 4 heteroatoms. The standard InChI is InChI=1S/C16H18N2O2/c1-19-15-4-2-3-13-6-12(10-20-16(13)15)5-11-7-14(17)9-18-8-11/h2-4,7-9,12H,5-6,10,17H2,1H3/t12-/m1/s1. The third-order valence-corrected chi connectivity index (χ3v) is 3.59. The maximum atomic E-state index is 5.88. The molecular weight excluding hydrogens is 252 g/mol. The molecule has 0 bridgehead atoms.